The molecule has 0 radical (unpaired) electrons. The van der Waals surface area contributed by atoms with Crippen LogP contribution in [0.2, 0.25) is 0 Å². The quantitative estimate of drug-likeness (QED) is 0.210. The second-order valence-corrected chi connectivity index (χ2v) is 5.91. The molecule has 0 spiro atoms. The van der Waals surface area contributed by atoms with Crippen LogP contribution in [-0.4, -0.2) is 54.2 Å². The molecule has 0 N–H and O–H groups in total. The van der Waals surface area contributed by atoms with Gasteiger partial charge in [0.15, 0.2) is 23.8 Å². The Morgan fingerprint density at radius 1 is 1.27 bits per heavy atom. The highest BCUT2D eigenvalue weighted by Crippen LogP contribution is 2.47. The van der Waals surface area contributed by atoms with Crippen molar-refractivity contribution >= 4 is 29.8 Å². The number of esters is 2. The number of carbonyl (C=O) groups excluding carboxylic acids is 5. The van der Waals surface area contributed by atoms with Gasteiger partial charge >= 0.3 is 11.9 Å². The topological polar surface area (TPSA) is 116 Å². The molecule has 2 aliphatic rings. The maximum Gasteiger partial charge on any atom is 0.303 e. The summed E-state index contributed by atoms with van der Waals surface area (Å²) in [6, 6.07) is 0. The molecule has 0 aromatic heterocycles. The minimum Gasteiger partial charge on any atom is -0.461 e. The van der Waals surface area contributed by atoms with E-state index in [-0.39, 0.29) is 12.2 Å². The Balaban J connectivity index is 2.32. The van der Waals surface area contributed by atoms with E-state index in [4.69, 9.17) is 14.2 Å². The predicted molar refractivity (Wildman–Crippen MR) is 86.8 cm³/mol. The Morgan fingerprint density at radius 2 is 1.96 bits per heavy atom. The number of hydrogen-bond acceptors (Lipinski definition) is 8. The number of epoxide rings is 1. The second kappa shape index (κ2) is 7.57. The molecule has 3 atom stereocenters. The smallest absolute Gasteiger partial charge is 0.303 e. The van der Waals surface area contributed by atoms with Crippen LogP contribution in [0.25, 0.3) is 0 Å². The Labute approximate surface area is 149 Å². The van der Waals surface area contributed by atoms with Gasteiger partial charge in [-0.05, 0) is 25.2 Å². The van der Waals surface area contributed by atoms with Crippen LogP contribution in [0, 0.1) is 0 Å². The molecule has 0 amide bonds. The molecule has 1 fully saturated rings. The van der Waals surface area contributed by atoms with Crippen molar-refractivity contribution in [3.63, 3.8) is 0 Å². The summed E-state index contributed by atoms with van der Waals surface area (Å²) in [4.78, 5) is 57.8. The molecule has 3 unspecified atom stereocenters. The standard InChI is InChI=1S/C18H18O8/c1-10(5-4-6-19)7-15(25-12(3)21)18-14(22)8-13(9-24-11(2)20)16(23)17(18)26-18/h4-8,15,17H,9H2,1-3H3. The van der Waals surface area contributed by atoms with Gasteiger partial charge in [-0.25, -0.2) is 0 Å². The number of aldehydes is 1. The van der Waals surface area contributed by atoms with E-state index in [9.17, 15) is 24.0 Å². The molecule has 0 bridgehead atoms. The van der Waals surface area contributed by atoms with E-state index in [0.29, 0.717) is 11.9 Å². The SMILES string of the molecule is CC(=O)OCC1=CC(=O)C2(C(C=C(C)C=CC=O)OC(C)=O)OC2C1=O. The van der Waals surface area contributed by atoms with Gasteiger partial charge in [-0.1, -0.05) is 11.6 Å². The lowest BCUT2D eigenvalue weighted by Crippen LogP contribution is -2.46. The number of ether oxygens (including phenoxy) is 3. The lowest BCUT2D eigenvalue weighted by molar-refractivity contribution is -0.149. The summed E-state index contributed by atoms with van der Waals surface area (Å²) in [5, 5.41) is 0. The van der Waals surface area contributed by atoms with Gasteiger partial charge in [-0.3, -0.25) is 24.0 Å². The number of carbonyl (C=O) groups is 5. The molecular formula is C18H18O8. The van der Waals surface area contributed by atoms with Gasteiger partial charge in [0.25, 0.3) is 0 Å². The number of fused-ring (bicyclic) bond motifs is 1. The molecule has 0 aromatic carbocycles. The summed E-state index contributed by atoms with van der Waals surface area (Å²) in [5.41, 5.74) is -1.06. The lowest BCUT2D eigenvalue weighted by Gasteiger charge is -2.23. The van der Waals surface area contributed by atoms with E-state index in [2.05, 4.69) is 0 Å². The summed E-state index contributed by atoms with van der Waals surface area (Å²) in [6.45, 7) is 3.67. The minimum absolute atomic E-state index is 0.0199. The third-order valence-corrected chi connectivity index (χ3v) is 3.89. The molecule has 0 aromatic rings. The first-order valence-electron chi connectivity index (χ1n) is 7.80. The van der Waals surface area contributed by atoms with Crippen LogP contribution in [0.1, 0.15) is 20.8 Å². The van der Waals surface area contributed by atoms with Crippen molar-refractivity contribution in [1.29, 1.82) is 0 Å². The Kier molecular flexibility index (Phi) is 5.66. The van der Waals surface area contributed by atoms with Crippen LogP contribution >= 0.6 is 0 Å². The van der Waals surface area contributed by atoms with Gasteiger partial charge in [0.05, 0.1) is 0 Å². The van der Waals surface area contributed by atoms with Gasteiger partial charge in [0.2, 0.25) is 5.60 Å². The van der Waals surface area contributed by atoms with Gasteiger partial charge < -0.3 is 14.2 Å². The largest absolute Gasteiger partial charge is 0.461 e. The molecule has 1 saturated heterocycles. The molecule has 0 saturated carbocycles. The van der Waals surface area contributed by atoms with Gasteiger partial charge in [-0.15, -0.1) is 0 Å². The Hall–Kier alpha value is -2.87. The van der Waals surface area contributed by atoms with E-state index in [0.717, 1.165) is 6.08 Å². The molecule has 1 aliphatic heterocycles. The van der Waals surface area contributed by atoms with E-state index < -0.39 is 41.3 Å². The summed E-state index contributed by atoms with van der Waals surface area (Å²) < 4.78 is 15.3. The molecule has 8 nitrogen and oxygen atoms in total. The molecule has 26 heavy (non-hydrogen) atoms. The maximum absolute atomic E-state index is 12.6. The van der Waals surface area contributed by atoms with Gasteiger partial charge in [-0.2, -0.15) is 0 Å². The van der Waals surface area contributed by atoms with Crippen molar-refractivity contribution in [2.45, 2.75) is 38.6 Å². The van der Waals surface area contributed by atoms with Crippen LogP contribution in [0.15, 0.2) is 35.5 Å². The van der Waals surface area contributed by atoms with Gasteiger partial charge in [0, 0.05) is 19.4 Å². The average Bonchev–Trinajstić information content (AvgIpc) is 3.31. The van der Waals surface area contributed by atoms with Gasteiger partial charge in [0.1, 0.15) is 12.9 Å². The Morgan fingerprint density at radius 3 is 2.54 bits per heavy atom. The fourth-order valence-corrected chi connectivity index (χ4v) is 2.67. The normalized spacial score (nSPS) is 26.0. The summed E-state index contributed by atoms with van der Waals surface area (Å²) in [6.07, 6.45) is 3.52. The number of Topliss-reactive ketones (excluding diaryl/α,β-unsaturated/α-hetero) is 1. The first kappa shape index (κ1) is 19.5. The fraction of sp³-hybridized carbons (Fsp3) is 0.389. The van der Waals surface area contributed by atoms with Crippen LogP contribution in [0.3, 0.4) is 0 Å². The van der Waals surface area contributed by atoms with Crippen LogP contribution in [-0.2, 0) is 38.2 Å². The van der Waals surface area contributed by atoms with Crippen LogP contribution in [0.4, 0.5) is 0 Å². The Bertz CT molecular complexity index is 757. The monoisotopic (exact) mass is 362 g/mol. The van der Waals surface area contributed by atoms with Crippen LogP contribution in [0.5, 0.6) is 0 Å². The summed E-state index contributed by atoms with van der Waals surface area (Å²) in [5.74, 6) is -2.30. The molecule has 1 heterocycles. The molecule has 1 aliphatic carbocycles. The first-order chi connectivity index (χ1) is 12.2. The van der Waals surface area contributed by atoms with Crippen LogP contribution < -0.4 is 0 Å². The van der Waals surface area contributed by atoms with E-state index in [1.807, 2.05) is 0 Å². The minimum atomic E-state index is -1.63. The van der Waals surface area contributed by atoms with Crippen molar-refractivity contribution in [1.82, 2.24) is 0 Å². The summed E-state index contributed by atoms with van der Waals surface area (Å²) >= 11 is 0. The second-order valence-electron chi connectivity index (χ2n) is 5.91. The highest BCUT2D eigenvalue weighted by atomic mass is 16.7. The highest BCUT2D eigenvalue weighted by molar-refractivity contribution is 6.19. The van der Waals surface area contributed by atoms with E-state index in [1.54, 1.807) is 6.92 Å². The highest BCUT2D eigenvalue weighted by Gasteiger charge is 2.72. The third-order valence-electron chi connectivity index (χ3n) is 3.89. The van der Waals surface area contributed by atoms with E-state index in [1.165, 1.54) is 32.1 Å². The molecule has 8 heteroatoms. The molecule has 2 rings (SSSR count). The first-order valence-corrected chi connectivity index (χ1v) is 7.80. The van der Waals surface area contributed by atoms with Crippen molar-refractivity contribution in [2.75, 3.05) is 6.61 Å². The zero-order valence-corrected chi connectivity index (χ0v) is 14.5. The average molecular weight is 362 g/mol. The lowest BCUT2D eigenvalue weighted by atomic mass is 9.83. The van der Waals surface area contributed by atoms with Crippen molar-refractivity contribution in [2.24, 2.45) is 0 Å². The molecular weight excluding hydrogens is 344 g/mol. The number of rotatable bonds is 7. The zero-order valence-electron chi connectivity index (χ0n) is 14.5. The molecule has 138 valence electrons. The number of hydrogen-bond donors (Lipinski definition) is 0. The number of ketones is 2. The van der Waals surface area contributed by atoms with Crippen molar-refractivity contribution in [3.8, 4) is 0 Å². The third kappa shape index (κ3) is 3.85. The maximum atomic E-state index is 12.6. The number of allylic oxidation sites excluding steroid dienone is 3. The summed E-state index contributed by atoms with van der Waals surface area (Å²) in [7, 11) is 0. The van der Waals surface area contributed by atoms with Crippen molar-refractivity contribution < 1.29 is 38.2 Å². The fourth-order valence-electron chi connectivity index (χ4n) is 2.67. The van der Waals surface area contributed by atoms with E-state index >= 15 is 0 Å². The predicted octanol–water partition coefficient (Wildman–Crippen LogP) is 0.398. The zero-order chi connectivity index (χ0) is 19.5. The van der Waals surface area contributed by atoms with Crippen molar-refractivity contribution in [3.05, 3.63) is 35.5 Å².